The number of nitrogens with one attached hydrogen (secondary N) is 1. The van der Waals surface area contributed by atoms with Crippen LogP contribution in [-0.2, 0) is 14.3 Å². The van der Waals surface area contributed by atoms with Gasteiger partial charge in [-0.15, -0.1) is 0 Å². The highest BCUT2D eigenvalue weighted by molar-refractivity contribution is 5.75. The molecule has 1 rings (SSSR count). The third-order valence-corrected chi connectivity index (χ3v) is 2.47. The number of carbonyl (C=O) groups is 1. The molecule has 1 fully saturated rings. The second-order valence-electron chi connectivity index (χ2n) is 3.97. The van der Waals surface area contributed by atoms with Crippen LogP contribution in [0.1, 0.15) is 20.3 Å². The summed E-state index contributed by atoms with van der Waals surface area (Å²) in [6.07, 6.45) is 0.972. The lowest BCUT2D eigenvalue weighted by Gasteiger charge is -2.22. The molecule has 1 saturated heterocycles. The van der Waals surface area contributed by atoms with E-state index in [1.165, 1.54) is 7.11 Å². The van der Waals surface area contributed by atoms with Crippen LogP contribution in [0.15, 0.2) is 0 Å². The van der Waals surface area contributed by atoms with Gasteiger partial charge in [0.2, 0.25) is 0 Å². The quantitative estimate of drug-likeness (QED) is 0.675. The maximum absolute atomic E-state index is 11.4. The summed E-state index contributed by atoms with van der Waals surface area (Å²) in [6, 6.07) is 0.0770. The van der Waals surface area contributed by atoms with Gasteiger partial charge in [-0.25, -0.2) is 0 Å². The van der Waals surface area contributed by atoms with Gasteiger partial charge in [0.1, 0.15) is 6.04 Å². The van der Waals surface area contributed by atoms with Gasteiger partial charge in [-0.3, -0.25) is 10.1 Å². The van der Waals surface area contributed by atoms with Crippen molar-refractivity contribution < 1.29 is 14.3 Å². The van der Waals surface area contributed by atoms with E-state index in [2.05, 4.69) is 5.32 Å². The first-order chi connectivity index (χ1) is 6.65. The summed E-state index contributed by atoms with van der Waals surface area (Å²) in [4.78, 5) is 11.4. The van der Waals surface area contributed by atoms with Gasteiger partial charge in [-0.2, -0.15) is 0 Å². The maximum atomic E-state index is 11.4. The molecule has 1 aliphatic heterocycles. The summed E-state index contributed by atoms with van der Waals surface area (Å²) in [5, 5.41) is 3.27. The molecule has 0 spiro atoms. The Labute approximate surface area is 85.0 Å². The lowest BCUT2D eigenvalue weighted by molar-refractivity contribution is -0.144. The zero-order valence-corrected chi connectivity index (χ0v) is 9.08. The second-order valence-corrected chi connectivity index (χ2v) is 3.97. The van der Waals surface area contributed by atoms with Crippen molar-refractivity contribution in [3.05, 3.63) is 0 Å². The van der Waals surface area contributed by atoms with Crippen molar-refractivity contribution in [3.8, 4) is 0 Å². The van der Waals surface area contributed by atoms with E-state index in [1.807, 2.05) is 13.8 Å². The Bertz CT molecular complexity index is 188. The first kappa shape index (κ1) is 11.5. The minimum atomic E-state index is -0.216. The van der Waals surface area contributed by atoms with Crippen LogP contribution < -0.4 is 5.32 Å². The van der Waals surface area contributed by atoms with E-state index < -0.39 is 0 Å². The van der Waals surface area contributed by atoms with Crippen molar-refractivity contribution in [3.63, 3.8) is 0 Å². The summed E-state index contributed by atoms with van der Waals surface area (Å²) in [5.74, 6) is 0.0509. The van der Waals surface area contributed by atoms with E-state index in [0.717, 1.165) is 13.0 Å². The Balaban J connectivity index is 2.45. The molecule has 0 radical (unpaired) electrons. The van der Waals surface area contributed by atoms with Crippen molar-refractivity contribution >= 4 is 5.97 Å². The Morgan fingerprint density at radius 3 is 2.71 bits per heavy atom. The van der Waals surface area contributed by atoms with Gasteiger partial charge >= 0.3 is 5.97 Å². The average molecular weight is 201 g/mol. The van der Waals surface area contributed by atoms with Gasteiger partial charge in [0.05, 0.1) is 13.7 Å². The molecule has 0 aromatic rings. The molecule has 0 saturated carbocycles. The standard InChI is InChI=1S/C10H19NO3/c1-7(2)9(10(12)13-3)11-8-4-5-14-6-8/h7-9,11H,4-6H2,1-3H3. The Morgan fingerprint density at radius 2 is 2.29 bits per heavy atom. The fraction of sp³-hybridized carbons (Fsp3) is 0.900. The smallest absolute Gasteiger partial charge is 0.323 e. The topological polar surface area (TPSA) is 47.6 Å². The molecule has 14 heavy (non-hydrogen) atoms. The molecule has 82 valence electrons. The molecule has 1 aliphatic rings. The number of esters is 1. The van der Waals surface area contributed by atoms with Crippen LogP contribution in [0.5, 0.6) is 0 Å². The molecular weight excluding hydrogens is 182 g/mol. The highest BCUT2D eigenvalue weighted by Crippen LogP contribution is 2.09. The number of ether oxygens (including phenoxy) is 2. The highest BCUT2D eigenvalue weighted by atomic mass is 16.5. The van der Waals surface area contributed by atoms with Gasteiger partial charge in [-0.05, 0) is 12.3 Å². The van der Waals surface area contributed by atoms with Crippen LogP contribution >= 0.6 is 0 Å². The average Bonchev–Trinajstić information content (AvgIpc) is 2.65. The molecule has 2 atom stereocenters. The fourth-order valence-electron chi connectivity index (χ4n) is 1.58. The van der Waals surface area contributed by atoms with E-state index in [0.29, 0.717) is 12.6 Å². The zero-order chi connectivity index (χ0) is 10.6. The summed E-state index contributed by atoms with van der Waals surface area (Å²) in [7, 11) is 1.42. The lowest BCUT2D eigenvalue weighted by Crippen LogP contribution is -2.47. The van der Waals surface area contributed by atoms with Crippen molar-refractivity contribution in [1.82, 2.24) is 5.32 Å². The summed E-state index contributed by atoms with van der Waals surface area (Å²) in [6.45, 7) is 5.48. The minimum Gasteiger partial charge on any atom is -0.468 e. The Morgan fingerprint density at radius 1 is 1.57 bits per heavy atom. The SMILES string of the molecule is COC(=O)C(NC1CCOC1)C(C)C. The van der Waals surface area contributed by atoms with E-state index in [9.17, 15) is 4.79 Å². The van der Waals surface area contributed by atoms with Gasteiger partial charge in [0, 0.05) is 12.6 Å². The first-order valence-corrected chi connectivity index (χ1v) is 5.06. The second kappa shape index (κ2) is 5.32. The van der Waals surface area contributed by atoms with Gasteiger partial charge < -0.3 is 9.47 Å². The maximum Gasteiger partial charge on any atom is 0.323 e. The molecule has 0 amide bonds. The van der Waals surface area contributed by atoms with Crippen LogP contribution in [0.3, 0.4) is 0 Å². The molecule has 1 N–H and O–H groups in total. The van der Waals surface area contributed by atoms with Crippen LogP contribution in [0.2, 0.25) is 0 Å². The third kappa shape index (κ3) is 2.96. The molecule has 0 aliphatic carbocycles. The van der Waals surface area contributed by atoms with Gasteiger partial charge in [0.25, 0.3) is 0 Å². The Hall–Kier alpha value is -0.610. The van der Waals surface area contributed by atoms with Crippen molar-refractivity contribution in [1.29, 1.82) is 0 Å². The summed E-state index contributed by atoms with van der Waals surface area (Å²) in [5.41, 5.74) is 0. The third-order valence-electron chi connectivity index (χ3n) is 2.47. The van der Waals surface area contributed by atoms with E-state index in [4.69, 9.17) is 9.47 Å². The first-order valence-electron chi connectivity index (χ1n) is 5.06. The largest absolute Gasteiger partial charge is 0.468 e. The molecule has 1 heterocycles. The van der Waals surface area contributed by atoms with Crippen LogP contribution in [0.4, 0.5) is 0 Å². The normalized spacial score (nSPS) is 23.9. The van der Waals surface area contributed by atoms with Crippen molar-refractivity contribution in [2.75, 3.05) is 20.3 Å². The molecule has 0 aromatic carbocycles. The van der Waals surface area contributed by atoms with Crippen molar-refractivity contribution in [2.24, 2.45) is 5.92 Å². The predicted molar refractivity (Wildman–Crippen MR) is 53.0 cm³/mol. The number of hydrogen-bond donors (Lipinski definition) is 1. The van der Waals surface area contributed by atoms with E-state index in [1.54, 1.807) is 0 Å². The predicted octanol–water partition coefficient (Wildman–Crippen LogP) is 0.562. The summed E-state index contributed by atoms with van der Waals surface area (Å²) >= 11 is 0. The van der Waals surface area contributed by atoms with E-state index >= 15 is 0 Å². The molecule has 2 unspecified atom stereocenters. The van der Waals surface area contributed by atoms with Crippen LogP contribution in [-0.4, -0.2) is 38.4 Å². The molecule has 4 nitrogen and oxygen atoms in total. The zero-order valence-electron chi connectivity index (χ0n) is 9.08. The van der Waals surface area contributed by atoms with Crippen molar-refractivity contribution in [2.45, 2.75) is 32.4 Å². The molecule has 4 heteroatoms. The fourth-order valence-corrected chi connectivity index (χ4v) is 1.58. The van der Waals surface area contributed by atoms with Crippen LogP contribution in [0, 0.1) is 5.92 Å². The number of carbonyl (C=O) groups excluding carboxylic acids is 1. The van der Waals surface area contributed by atoms with Crippen LogP contribution in [0.25, 0.3) is 0 Å². The number of hydrogen-bond acceptors (Lipinski definition) is 4. The molecular formula is C10H19NO3. The highest BCUT2D eigenvalue weighted by Gasteiger charge is 2.27. The molecule has 0 bridgehead atoms. The minimum absolute atomic E-state index is 0.188. The lowest BCUT2D eigenvalue weighted by atomic mass is 10.0. The van der Waals surface area contributed by atoms with Gasteiger partial charge in [-0.1, -0.05) is 13.8 Å². The van der Waals surface area contributed by atoms with Gasteiger partial charge in [0.15, 0.2) is 0 Å². The van der Waals surface area contributed by atoms with E-state index in [-0.39, 0.29) is 17.9 Å². The molecule has 0 aromatic heterocycles. The summed E-state index contributed by atoms with van der Waals surface area (Å²) < 4.78 is 9.98. The Kier molecular flexibility index (Phi) is 4.35. The number of rotatable bonds is 4. The number of methoxy groups -OCH3 is 1. The monoisotopic (exact) mass is 201 g/mol.